The van der Waals surface area contributed by atoms with Crippen LogP contribution in [0.4, 0.5) is 17.6 Å². The fourth-order valence-corrected chi connectivity index (χ4v) is 13.9. The molecule has 0 radical (unpaired) electrons. The number of nitrogens with two attached hydrogens (primary N) is 4. The van der Waals surface area contributed by atoms with Crippen LogP contribution in [0, 0.1) is 23.3 Å². The van der Waals surface area contributed by atoms with Gasteiger partial charge in [-0.15, -0.1) is 0 Å². The zero-order valence-electron chi connectivity index (χ0n) is 37.9. The second-order valence-corrected chi connectivity index (χ2v) is 25.9. The van der Waals surface area contributed by atoms with Crippen molar-refractivity contribution < 1.29 is 51.2 Å². The van der Waals surface area contributed by atoms with Crippen molar-refractivity contribution >= 4 is 40.1 Å². The van der Waals surface area contributed by atoms with Crippen LogP contribution in [0.3, 0.4) is 0 Å². The highest BCUT2D eigenvalue weighted by Gasteiger charge is 2.33. The molecule has 0 saturated heterocycles. The summed E-state index contributed by atoms with van der Waals surface area (Å²) in [5.41, 5.74) is 4.00. The predicted molar refractivity (Wildman–Crippen MR) is 258 cm³/mol. The molecule has 4 aliphatic carbocycles. The van der Waals surface area contributed by atoms with Gasteiger partial charge < -0.3 is 0 Å². The molecule has 0 unspecified atom stereocenters. The summed E-state index contributed by atoms with van der Waals surface area (Å²) >= 11 is 0. The number of rotatable bonds is 8. The van der Waals surface area contributed by atoms with E-state index in [2.05, 4.69) is 0 Å². The Morgan fingerprint density at radius 1 is 0.294 bits per heavy atom. The molecule has 4 aliphatic rings. The fraction of sp³-hybridized carbons (Fsp3) is 0.500. The van der Waals surface area contributed by atoms with Crippen LogP contribution in [0.25, 0.3) is 0 Å². The van der Waals surface area contributed by atoms with Crippen LogP contribution in [0.5, 0.6) is 0 Å². The zero-order chi connectivity index (χ0) is 49.9. The van der Waals surface area contributed by atoms with Crippen LogP contribution in [-0.4, -0.2) is 54.7 Å². The molecule has 8 N–H and O–H groups in total. The second-order valence-electron chi connectivity index (χ2n) is 18.5. The van der Waals surface area contributed by atoms with E-state index in [4.69, 9.17) is 20.6 Å². The number of benzene rings is 4. The van der Waals surface area contributed by atoms with Gasteiger partial charge in [0.15, 0.2) is 0 Å². The molecule has 4 saturated carbocycles. The first-order valence-electron chi connectivity index (χ1n) is 22.9. The average Bonchev–Trinajstić information content (AvgIpc) is 3.30. The minimum absolute atomic E-state index is 0.174. The van der Waals surface area contributed by atoms with E-state index in [0.717, 1.165) is 73.6 Å². The van der Waals surface area contributed by atoms with Crippen molar-refractivity contribution in [2.45, 2.75) is 147 Å². The normalized spacial score (nSPS) is 25.8. The van der Waals surface area contributed by atoms with Crippen LogP contribution in [-0.2, 0) is 40.1 Å². The standard InChI is InChI=1S/4C12H16FNO2S/c4*13-11-6-4-9(5-7-11)10-2-1-3-12(8-10)17(14,15)16/h4*4-7,10,12H,1-3,8H2,(H2,14,15,16)/t2*10-,12+;2*10-,12-/m1010/s1. The van der Waals surface area contributed by atoms with Gasteiger partial charge in [-0.3, -0.25) is 0 Å². The Hall–Kier alpha value is -3.76. The van der Waals surface area contributed by atoms with Gasteiger partial charge >= 0.3 is 0 Å². The van der Waals surface area contributed by atoms with Crippen molar-refractivity contribution in [1.29, 1.82) is 0 Å². The maximum atomic E-state index is 12.8. The summed E-state index contributed by atoms with van der Waals surface area (Å²) in [7, 11) is -13.8. The Labute approximate surface area is 399 Å². The highest BCUT2D eigenvalue weighted by Crippen LogP contribution is 2.38. The van der Waals surface area contributed by atoms with Gasteiger partial charge in [-0.25, -0.2) is 71.8 Å². The summed E-state index contributed by atoms with van der Waals surface area (Å²) in [5, 5.41) is 18.9. The Balaban J connectivity index is 0.000000169. The number of sulfonamides is 4. The van der Waals surface area contributed by atoms with Gasteiger partial charge in [-0.1, -0.05) is 74.2 Å². The van der Waals surface area contributed by atoms with Crippen molar-refractivity contribution in [3.8, 4) is 0 Å². The number of halogens is 4. The highest BCUT2D eigenvalue weighted by atomic mass is 32.2. The molecule has 0 amide bonds. The van der Waals surface area contributed by atoms with E-state index in [1.54, 1.807) is 48.5 Å². The maximum absolute atomic E-state index is 12.8. The van der Waals surface area contributed by atoms with Crippen molar-refractivity contribution in [3.05, 3.63) is 143 Å². The molecule has 4 aromatic rings. The molecule has 4 fully saturated rings. The summed E-state index contributed by atoms with van der Waals surface area (Å²) in [6.45, 7) is 0. The molecular weight excluding hydrogens is 965 g/mol. The lowest BCUT2D eigenvalue weighted by Crippen LogP contribution is -2.32. The first-order valence-corrected chi connectivity index (χ1v) is 29.4. The van der Waals surface area contributed by atoms with Gasteiger partial charge in [0, 0.05) is 0 Å². The number of hydrogen-bond donors (Lipinski definition) is 4. The van der Waals surface area contributed by atoms with Crippen LogP contribution < -0.4 is 20.6 Å². The lowest BCUT2D eigenvalue weighted by molar-refractivity contribution is 0.434. The third kappa shape index (κ3) is 17.3. The summed E-state index contributed by atoms with van der Waals surface area (Å²) in [6.07, 6.45) is 11.9. The third-order valence-corrected chi connectivity index (χ3v) is 19.2. The van der Waals surface area contributed by atoms with Crippen LogP contribution in [0.15, 0.2) is 97.1 Å². The second kappa shape index (κ2) is 24.4. The van der Waals surface area contributed by atoms with E-state index in [1.807, 2.05) is 0 Å². The van der Waals surface area contributed by atoms with Gasteiger partial charge in [0.2, 0.25) is 40.1 Å². The van der Waals surface area contributed by atoms with E-state index < -0.39 is 61.1 Å². The molecule has 0 bridgehead atoms. The van der Waals surface area contributed by atoms with Gasteiger partial charge in [-0.2, -0.15) is 0 Å². The van der Waals surface area contributed by atoms with E-state index >= 15 is 0 Å². The number of primary sulfonamides is 4. The lowest BCUT2D eigenvalue weighted by Gasteiger charge is -2.27. The Morgan fingerprint density at radius 2 is 0.456 bits per heavy atom. The largest absolute Gasteiger partial charge is 0.228 e. The molecular formula is C48H64F4N4O8S4. The summed E-state index contributed by atoms with van der Waals surface area (Å²) in [4.78, 5) is 0. The Morgan fingerprint density at radius 3 is 0.603 bits per heavy atom. The van der Waals surface area contributed by atoms with Crippen LogP contribution in [0.2, 0.25) is 0 Å². The monoisotopic (exact) mass is 1030 g/mol. The lowest BCUT2D eigenvalue weighted by atomic mass is 9.84. The Bertz CT molecular complexity index is 2310. The molecule has 12 nitrogen and oxygen atoms in total. The molecule has 0 aliphatic heterocycles. The van der Waals surface area contributed by atoms with E-state index in [-0.39, 0.29) is 46.9 Å². The van der Waals surface area contributed by atoms with E-state index in [0.29, 0.717) is 51.4 Å². The molecule has 8 rings (SSSR count). The van der Waals surface area contributed by atoms with E-state index in [1.165, 1.54) is 48.5 Å². The average molecular weight is 1030 g/mol. The van der Waals surface area contributed by atoms with Crippen molar-refractivity contribution in [2.24, 2.45) is 20.6 Å². The van der Waals surface area contributed by atoms with Gasteiger partial charge in [0.05, 0.1) is 21.0 Å². The van der Waals surface area contributed by atoms with Crippen molar-refractivity contribution in [2.75, 3.05) is 0 Å². The van der Waals surface area contributed by atoms with Gasteiger partial charge in [0.25, 0.3) is 0 Å². The minimum Gasteiger partial charge on any atom is -0.228 e. The minimum atomic E-state index is -3.45. The number of hydrogen-bond acceptors (Lipinski definition) is 8. The van der Waals surface area contributed by atoms with Crippen molar-refractivity contribution in [3.63, 3.8) is 0 Å². The fourth-order valence-electron chi connectivity index (χ4n) is 9.92. The molecule has 0 aromatic heterocycles. The molecule has 376 valence electrons. The summed E-state index contributed by atoms with van der Waals surface area (Å²) < 4.78 is 142. The predicted octanol–water partition coefficient (Wildman–Crippen LogP) is 8.56. The van der Waals surface area contributed by atoms with Crippen LogP contribution in [0.1, 0.15) is 149 Å². The van der Waals surface area contributed by atoms with Gasteiger partial charge in [-0.05, 0) is 172 Å². The van der Waals surface area contributed by atoms with E-state index in [9.17, 15) is 51.2 Å². The van der Waals surface area contributed by atoms with Gasteiger partial charge in [0.1, 0.15) is 23.3 Å². The molecule has 0 heterocycles. The van der Waals surface area contributed by atoms with Crippen molar-refractivity contribution in [1.82, 2.24) is 0 Å². The zero-order valence-corrected chi connectivity index (χ0v) is 41.2. The smallest absolute Gasteiger partial charge is 0.211 e. The first-order chi connectivity index (χ1) is 31.9. The molecule has 4 aromatic carbocycles. The highest BCUT2D eigenvalue weighted by molar-refractivity contribution is 7.90. The third-order valence-electron chi connectivity index (χ3n) is 13.7. The SMILES string of the molecule is NS(=O)(=O)[C@@H]1CCC[C@@H](c2ccc(F)cc2)C1.NS(=O)(=O)[C@@H]1CCC[C@H](c2ccc(F)cc2)C1.NS(=O)(=O)[C@H]1CCC[C@@H](c2ccc(F)cc2)C1.NS(=O)(=O)[C@H]1CCC[C@H](c2ccc(F)cc2)C1. The molecule has 68 heavy (non-hydrogen) atoms. The summed E-state index contributed by atoms with van der Waals surface area (Å²) in [6, 6.07) is 25.1. The molecule has 8 atom stereocenters. The Kier molecular flexibility index (Phi) is 19.8. The quantitative estimate of drug-likeness (QED) is 0.124. The van der Waals surface area contributed by atoms with Crippen LogP contribution >= 0.6 is 0 Å². The molecule has 0 spiro atoms. The first kappa shape index (κ1) is 55.2. The topological polar surface area (TPSA) is 241 Å². The summed E-state index contributed by atoms with van der Waals surface area (Å²) in [5.74, 6) is -0.388. The molecule has 20 heteroatoms. The maximum Gasteiger partial charge on any atom is 0.211 e.